The molecule has 0 saturated heterocycles. The third-order valence-electron chi connectivity index (χ3n) is 6.68. The highest BCUT2D eigenvalue weighted by molar-refractivity contribution is 5.88. The number of hydrogen-bond acceptors (Lipinski definition) is 0. The second-order valence-corrected chi connectivity index (χ2v) is 9.33. The molecule has 33 heavy (non-hydrogen) atoms. The van der Waals surface area contributed by atoms with Crippen molar-refractivity contribution >= 4 is 10.8 Å². The molecule has 4 aromatic carbocycles. The largest absolute Gasteiger partial charge is 0.206 e. The van der Waals surface area contributed by atoms with Crippen LogP contribution in [0.1, 0.15) is 61.3 Å². The SMILES string of the molecule is CCCCCCCc1ccc(CCc2ccc3c(F)c(-c4ccc(C)cc4)ccc3c2)cc1. The third-order valence-corrected chi connectivity index (χ3v) is 6.68. The lowest BCUT2D eigenvalue weighted by molar-refractivity contribution is 0.632. The van der Waals surface area contributed by atoms with E-state index in [4.69, 9.17) is 0 Å². The highest BCUT2D eigenvalue weighted by Crippen LogP contribution is 2.30. The number of halogens is 1. The van der Waals surface area contributed by atoms with Crippen LogP contribution in [0.25, 0.3) is 21.9 Å². The van der Waals surface area contributed by atoms with Gasteiger partial charge in [0, 0.05) is 10.9 Å². The maximum atomic E-state index is 15.2. The number of aryl methyl sites for hydroxylation is 4. The Balaban J connectivity index is 1.38. The summed E-state index contributed by atoms with van der Waals surface area (Å²) in [4.78, 5) is 0. The van der Waals surface area contributed by atoms with Crippen molar-refractivity contribution < 1.29 is 4.39 Å². The molecule has 0 bridgehead atoms. The molecule has 0 aliphatic carbocycles. The van der Waals surface area contributed by atoms with E-state index in [1.165, 1.54) is 60.8 Å². The monoisotopic (exact) mass is 438 g/mol. The van der Waals surface area contributed by atoms with Crippen molar-refractivity contribution in [2.75, 3.05) is 0 Å². The molecule has 0 unspecified atom stereocenters. The fourth-order valence-electron chi connectivity index (χ4n) is 4.55. The van der Waals surface area contributed by atoms with Crippen LogP contribution in [-0.4, -0.2) is 0 Å². The lowest BCUT2D eigenvalue weighted by atomic mass is 9.96. The Bertz CT molecular complexity index is 1170. The molecule has 0 atom stereocenters. The van der Waals surface area contributed by atoms with E-state index in [1.54, 1.807) is 0 Å². The van der Waals surface area contributed by atoms with Crippen LogP contribution in [0.3, 0.4) is 0 Å². The van der Waals surface area contributed by atoms with Crippen molar-refractivity contribution in [1.29, 1.82) is 0 Å². The molecule has 0 radical (unpaired) electrons. The topological polar surface area (TPSA) is 0 Å². The Morgan fingerprint density at radius 2 is 1.24 bits per heavy atom. The van der Waals surface area contributed by atoms with Gasteiger partial charge in [0.2, 0.25) is 0 Å². The predicted octanol–water partition coefficient (Wildman–Crippen LogP) is 9.25. The van der Waals surface area contributed by atoms with E-state index >= 15 is 4.39 Å². The van der Waals surface area contributed by atoms with Gasteiger partial charge < -0.3 is 0 Å². The second kappa shape index (κ2) is 11.3. The van der Waals surface area contributed by atoms with Gasteiger partial charge in [-0.3, -0.25) is 0 Å². The van der Waals surface area contributed by atoms with Crippen LogP contribution in [0, 0.1) is 12.7 Å². The fourth-order valence-corrected chi connectivity index (χ4v) is 4.55. The van der Waals surface area contributed by atoms with Crippen molar-refractivity contribution in [3.63, 3.8) is 0 Å². The smallest absolute Gasteiger partial charge is 0.138 e. The van der Waals surface area contributed by atoms with Crippen molar-refractivity contribution in [3.8, 4) is 11.1 Å². The zero-order valence-electron chi connectivity index (χ0n) is 20.0. The van der Waals surface area contributed by atoms with Gasteiger partial charge in [-0.25, -0.2) is 4.39 Å². The van der Waals surface area contributed by atoms with Crippen LogP contribution in [-0.2, 0) is 19.3 Å². The van der Waals surface area contributed by atoms with Crippen LogP contribution >= 0.6 is 0 Å². The molecule has 0 N–H and O–H groups in total. The zero-order valence-corrected chi connectivity index (χ0v) is 20.0. The third kappa shape index (κ3) is 6.11. The standard InChI is InChI=1S/C32H35F/c1-3-4-5-6-7-8-25-11-13-26(14-12-25)15-16-27-17-21-31-29(23-27)20-22-30(32(31)33)28-18-9-24(2)10-19-28/h9-14,17-23H,3-8,15-16H2,1-2H3. The van der Waals surface area contributed by atoms with E-state index in [0.717, 1.165) is 23.8 Å². The summed E-state index contributed by atoms with van der Waals surface area (Å²) in [6, 6.07) is 27.3. The minimum atomic E-state index is -0.131. The molecule has 0 heterocycles. The lowest BCUT2D eigenvalue weighted by Gasteiger charge is -2.10. The minimum absolute atomic E-state index is 0.131. The molecule has 4 rings (SSSR count). The highest BCUT2D eigenvalue weighted by Gasteiger charge is 2.10. The number of hydrogen-bond donors (Lipinski definition) is 0. The van der Waals surface area contributed by atoms with Crippen molar-refractivity contribution in [2.45, 2.75) is 65.2 Å². The highest BCUT2D eigenvalue weighted by atomic mass is 19.1. The number of fused-ring (bicyclic) bond motifs is 1. The van der Waals surface area contributed by atoms with E-state index < -0.39 is 0 Å². The predicted molar refractivity (Wildman–Crippen MR) is 140 cm³/mol. The van der Waals surface area contributed by atoms with Crippen molar-refractivity contribution in [2.24, 2.45) is 0 Å². The fraction of sp³-hybridized carbons (Fsp3) is 0.312. The van der Waals surface area contributed by atoms with E-state index in [-0.39, 0.29) is 5.82 Å². The summed E-state index contributed by atoms with van der Waals surface area (Å²) in [6.07, 6.45) is 9.80. The molecule has 0 aliphatic rings. The average molecular weight is 439 g/mol. The van der Waals surface area contributed by atoms with E-state index in [1.807, 2.05) is 49.4 Å². The molecule has 1 heteroatoms. The van der Waals surface area contributed by atoms with Gasteiger partial charge >= 0.3 is 0 Å². The van der Waals surface area contributed by atoms with Crippen LogP contribution in [0.15, 0.2) is 78.9 Å². The first-order chi connectivity index (χ1) is 16.1. The zero-order chi connectivity index (χ0) is 23.0. The van der Waals surface area contributed by atoms with Gasteiger partial charge in [-0.1, -0.05) is 117 Å². The maximum Gasteiger partial charge on any atom is 0.138 e. The molecule has 0 amide bonds. The van der Waals surface area contributed by atoms with Crippen molar-refractivity contribution in [1.82, 2.24) is 0 Å². The van der Waals surface area contributed by atoms with Gasteiger partial charge in [-0.15, -0.1) is 0 Å². The molecule has 170 valence electrons. The first-order valence-corrected chi connectivity index (χ1v) is 12.5. The van der Waals surface area contributed by atoms with Crippen LogP contribution in [0.2, 0.25) is 0 Å². The Kier molecular flexibility index (Phi) is 7.94. The van der Waals surface area contributed by atoms with Crippen molar-refractivity contribution in [3.05, 3.63) is 107 Å². The van der Waals surface area contributed by atoms with Gasteiger partial charge in [0.15, 0.2) is 0 Å². The Labute approximate surface area is 198 Å². The summed E-state index contributed by atoms with van der Waals surface area (Å²) in [7, 11) is 0. The van der Waals surface area contributed by atoms with E-state index in [0.29, 0.717) is 10.9 Å². The Hall–Kier alpha value is -2.93. The molecule has 0 saturated carbocycles. The molecule has 0 fully saturated rings. The molecule has 4 aromatic rings. The number of benzene rings is 4. The van der Waals surface area contributed by atoms with Gasteiger partial charge in [0.1, 0.15) is 5.82 Å². The number of rotatable bonds is 10. The Morgan fingerprint density at radius 1 is 0.606 bits per heavy atom. The van der Waals surface area contributed by atoms with Gasteiger partial charge in [0.25, 0.3) is 0 Å². The van der Waals surface area contributed by atoms with Gasteiger partial charge in [-0.05, 0) is 60.2 Å². The van der Waals surface area contributed by atoms with Crippen LogP contribution in [0.4, 0.5) is 4.39 Å². The van der Waals surface area contributed by atoms with Crippen LogP contribution < -0.4 is 0 Å². The molecule has 0 aromatic heterocycles. The summed E-state index contributed by atoms with van der Waals surface area (Å²) >= 11 is 0. The van der Waals surface area contributed by atoms with E-state index in [2.05, 4.69) is 43.3 Å². The molecular weight excluding hydrogens is 403 g/mol. The molecule has 0 nitrogen and oxygen atoms in total. The maximum absolute atomic E-state index is 15.2. The Morgan fingerprint density at radius 3 is 1.97 bits per heavy atom. The van der Waals surface area contributed by atoms with Crippen LogP contribution in [0.5, 0.6) is 0 Å². The summed E-state index contributed by atoms with van der Waals surface area (Å²) in [5.74, 6) is -0.131. The minimum Gasteiger partial charge on any atom is -0.206 e. The van der Waals surface area contributed by atoms with E-state index in [9.17, 15) is 0 Å². The first-order valence-electron chi connectivity index (χ1n) is 12.5. The summed E-state index contributed by atoms with van der Waals surface area (Å²) in [5, 5.41) is 1.67. The molecular formula is C32H35F. The molecule has 0 aliphatic heterocycles. The first kappa shape index (κ1) is 23.2. The van der Waals surface area contributed by atoms with Gasteiger partial charge in [0.05, 0.1) is 0 Å². The quantitative estimate of drug-likeness (QED) is 0.216. The normalized spacial score (nSPS) is 11.2. The lowest BCUT2D eigenvalue weighted by Crippen LogP contribution is -1.94. The van der Waals surface area contributed by atoms with Gasteiger partial charge in [-0.2, -0.15) is 0 Å². The molecule has 0 spiro atoms. The summed E-state index contributed by atoms with van der Waals surface area (Å²) in [5.41, 5.74) is 6.84. The summed E-state index contributed by atoms with van der Waals surface area (Å²) in [6.45, 7) is 4.31. The average Bonchev–Trinajstić information content (AvgIpc) is 2.84. The number of unbranched alkanes of at least 4 members (excludes halogenated alkanes) is 4. The summed E-state index contributed by atoms with van der Waals surface area (Å²) < 4.78 is 15.2. The second-order valence-electron chi connectivity index (χ2n) is 9.33.